The number of thiazole rings is 1. The first-order valence-electron chi connectivity index (χ1n) is 10.1. The van der Waals surface area contributed by atoms with Gasteiger partial charge in [0, 0.05) is 32.6 Å². The van der Waals surface area contributed by atoms with Crippen LogP contribution in [0, 0.1) is 6.92 Å². The lowest BCUT2D eigenvalue weighted by atomic mass is 10.2. The molecule has 164 valence electrons. The molecule has 2 heterocycles. The lowest BCUT2D eigenvalue weighted by molar-refractivity contribution is -0.131. The van der Waals surface area contributed by atoms with E-state index >= 15 is 0 Å². The van der Waals surface area contributed by atoms with Crippen LogP contribution < -0.4 is 9.64 Å². The number of amides is 1. The SMILES string of the molecule is COc1ccc2nc(N3CCN(C(=O)CCS(=O)(=O)c4ccc(C)cc4)CC3)sc2c1. The fourth-order valence-corrected chi connectivity index (χ4v) is 5.82. The summed E-state index contributed by atoms with van der Waals surface area (Å²) in [6.45, 7) is 4.37. The molecular formula is C22H25N3O4S2. The fourth-order valence-electron chi connectivity index (χ4n) is 3.55. The minimum absolute atomic E-state index is 0.00284. The number of aromatic nitrogens is 1. The summed E-state index contributed by atoms with van der Waals surface area (Å²) >= 11 is 1.61. The Labute approximate surface area is 186 Å². The zero-order valence-electron chi connectivity index (χ0n) is 17.6. The van der Waals surface area contributed by atoms with Gasteiger partial charge in [-0.25, -0.2) is 13.4 Å². The molecule has 0 aliphatic carbocycles. The summed E-state index contributed by atoms with van der Waals surface area (Å²) in [5.41, 5.74) is 1.93. The van der Waals surface area contributed by atoms with E-state index in [0.29, 0.717) is 26.2 Å². The molecule has 0 N–H and O–H groups in total. The Morgan fingerprint density at radius 2 is 1.81 bits per heavy atom. The van der Waals surface area contributed by atoms with E-state index in [-0.39, 0.29) is 23.0 Å². The van der Waals surface area contributed by atoms with Crippen molar-refractivity contribution in [2.75, 3.05) is 43.9 Å². The van der Waals surface area contributed by atoms with Crippen LogP contribution in [0.25, 0.3) is 10.2 Å². The third-order valence-corrected chi connectivity index (χ3v) is 8.26. The van der Waals surface area contributed by atoms with Crippen LogP contribution in [0.3, 0.4) is 0 Å². The smallest absolute Gasteiger partial charge is 0.223 e. The number of carbonyl (C=O) groups excluding carboxylic acids is 1. The van der Waals surface area contributed by atoms with Crippen molar-refractivity contribution >= 4 is 42.4 Å². The molecule has 1 saturated heterocycles. The first kappa shape index (κ1) is 21.6. The molecule has 0 radical (unpaired) electrons. The molecule has 1 aliphatic heterocycles. The maximum Gasteiger partial charge on any atom is 0.223 e. The monoisotopic (exact) mass is 459 g/mol. The number of ether oxygens (including phenoxy) is 1. The average molecular weight is 460 g/mol. The first-order valence-corrected chi connectivity index (χ1v) is 12.6. The number of piperazine rings is 1. The lowest BCUT2D eigenvalue weighted by Crippen LogP contribution is -2.49. The van der Waals surface area contributed by atoms with E-state index in [2.05, 4.69) is 4.90 Å². The molecule has 0 saturated carbocycles. The molecule has 0 bridgehead atoms. The first-order chi connectivity index (χ1) is 14.9. The molecule has 1 fully saturated rings. The molecule has 1 aliphatic rings. The molecule has 2 aromatic carbocycles. The molecule has 0 atom stereocenters. The molecule has 4 rings (SSSR count). The number of nitrogens with zero attached hydrogens (tertiary/aromatic N) is 3. The maximum atomic E-state index is 12.6. The van der Waals surface area contributed by atoms with E-state index < -0.39 is 9.84 Å². The summed E-state index contributed by atoms with van der Waals surface area (Å²) in [7, 11) is -1.82. The standard InChI is InChI=1S/C22H25N3O4S2/c1-16-3-6-18(7-4-16)31(27,28)14-9-21(26)24-10-12-25(13-11-24)22-23-19-8-5-17(29-2)15-20(19)30-22/h3-8,15H,9-14H2,1-2H3. The highest BCUT2D eigenvalue weighted by atomic mass is 32.2. The van der Waals surface area contributed by atoms with Gasteiger partial charge in [-0.15, -0.1) is 0 Å². The summed E-state index contributed by atoms with van der Waals surface area (Å²) in [6.07, 6.45) is -0.00284. The largest absolute Gasteiger partial charge is 0.497 e. The van der Waals surface area contributed by atoms with Crippen LogP contribution in [-0.2, 0) is 14.6 Å². The van der Waals surface area contributed by atoms with Crippen molar-refractivity contribution in [2.45, 2.75) is 18.2 Å². The zero-order valence-corrected chi connectivity index (χ0v) is 19.2. The number of hydrogen-bond acceptors (Lipinski definition) is 7. The van der Waals surface area contributed by atoms with Gasteiger partial charge in [0.2, 0.25) is 5.91 Å². The fraction of sp³-hybridized carbons (Fsp3) is 0.364. The number of sulfone groups is 1. The van der Waals surface area contributed by atoms with Crippen LogP contribution in [0.15, 0.2) is 47.4 Å². The lowest BCUT2D eigenvalue weighted by Gasteiger charge is -2.34. The predicted octanol–water partition coefficient (Wildman–Crippen LogP) is 3.13. The van der Waals surface area contributed by atoms with Gasteiger partial charge in [0.05, 0.1) is 28.0 Å². The van der Waals surface area contributed by atoms with Gasteiger partial charge in [-0.1, -0.05) is 29.0 Å². The van der Waals surface area contributed by atoms with Gasteiger partial charge in [-0.05, 0) is 37.3 Å². The van der Waals surface area contributed by atoms with Gasteiger partial charge >= 0.3 is 0 Å². The van der Waals surface area contributed by atoms with E-state index in [1.54, 1.807) is 47.6 Å². The van der Waals surface area contributed by atoms with Crippen LogP contribution in [-0.4, -0.2) is 63.3 Å². The molecule has 1 aromatic heterocycles. The Bertz CT molecular complexity index is 1180. The summed E-state index contributed by atoms with van der Waals surface area (Å²) in [6, 6.07) is 12.6. The normalized spacial score (nSPS) is 14.8. The molecule has 0 unspecified atom stereocenters. The minimum atomic E-state index is -3.46. The maximum absolute atomic E-state index is 12.6. The summed E-state index contributed by atoms with van der Waals surface area (Å²) < 4.78 is 31.3. The second-order valence-electron chi connectivity index (χ2n) is 7.58. The molecule has 31 heavy (non-hydrogen) atoms. The molecule has 7 nitrogen and oxygen atoms in total. The van der Waals surface area contributed by atoms with Gasteiger partial charge in [0.1, 0.15) is 5.75 Å². The third-order valence-electron chi connectivity index (χ3n) is 5.45. The molecule has 1 amide bonds. The van der Waals surface area contributed by atoms with Gasteiger partial charge in [-0.2, -0.15) is 0 Å². The van der Waals surface area contributed by atoms with Crippen molar-refractivity contribution in [3.63, 3.8) is 0 Å². The van der Waals surface area contributed by atoms with Crippen LogP contribution >= 0.6 is 11.3 Å². The predicted molar refractivity (Wildman–Crippen MR) is 123 cm³/mol. The topological polar surface area (TPSA) is 79.8 Å². The highest BCUT2D eigenvalue weighted by Crippen LogP contribution is 2.31. The zero-order chi connectivity index (χ0) is 22.0. The highest BCUT2D eigenvalue weighted by Gasteiger charge is 2.25. The number of fused-ring (bicyclic) bond motifs is 1. The molecule has 3 aromatic rings. The van der Waals surface area contributed by atoms with Crippen molar-refractivity contribution < 1.29 is 17.9 Å². The quantitative estimate of drug-likeness (QED) is 0.564. The Hall–Kier alpha value is -2.65. The number of anilines is 1. The van der Waals surface area contributed by atoms with E-state index in [1.807, 2.05) is 25.1 Å². The molecule has 9 heteroatoms. The van der Waals surface area contributed by atoms with Crippen molar-refractivity contribution in [1.29, 1.82) is 0 Å². The number of carbonyl (C=O) groups is 1. The van der Waals surface area contributed by atoms with Gasteiger partial charge in [0.15, 0.2) is 15.0 Å². The summed E-state index contributed by atoms with van der Waals surface area (Å²) in [5.74, 6) is 0.512. The minimum Gasteiger partial charge on any atom is -0.497 e. The average Bonchev–Trinajstić information content (AvgIpc) is 3.21. The van der Waals surface area contributed by atoms with Crippen LogP contribution in [0.2, 0.25) is 0 Å². The molecule has 0 spiro atoms. The van der Waals surface area contributed by atoms with Crippen molar-refractivity contribution in [2.24, 2.45) is 0 Å². The summed E-state index contributed by atoms with van der Waals surface area (Å²) in [4.78, 5) is 21.5. The van der Waals surface area contributed by atoms with Crippen LogP contribution in [0.1, 0.15) is 12.0 Å². The van der Waals surface area contributed by atoms with Crippen LogP contribution in [0.4, 0.5) is 5.13 Å². The van der Waals surface area contributed by atoms with E-state index in [9.17, 15) is 13.2 Å². The Balaban J connectivity index is 1.33. The number of methoxy groups -OCH3 is 1. The Morgan fingerprint density at radius 3 is 2.48 bits per heavy atom. The Morgan fingerprint density at radius 1 is 1.10 bits per heavy atom. The summed E-state index contributed by atoms with van der Waals surface area (Å²) in [5, 5.41) is 0.928. The van der Waals surface area contributed by atoms with Crippen LogP contribution in [0.5, 0.6) is 5.75 Å². The second-order valence-corrected chi connectivity index (χ2v) is 10.7. The molecular weight excluding hydrogens is 434 g/mol. The van der Waals surface area contributed by atoms with E-state index in [4.69, 9.17) is 9.72 Å². The van der Waals surface area contributed by atoms with Crippen molar-refractivity contribution in [1.82, 2.24) is 9.88 Å². The second kappa shape index (κ2) is 8.84. The van der Waals surface area contributed by atoms with E-state index in [0.717, 1.165) is 26.7 Å². The van der Waals surface area contributed by atoms with Crippen molar-refractivity contribution in [3.05, 3.63) is 48.0 Å². The van der Waals surface area contributed by atoms with Gasteiger partial charge in [-0.3, -0.25) is 4.79 Å². The number of benzene rings is 2. The highest BCUT2D eigenvalue weighted by molar-refractivity contribution is 7.91. The Kier molecular flexibility index (Phi) is 6.15. The number of hydrogen-bond donors (Lipinski definition) is 0. The van der Waals surface area contributed by atoms with Gasteiger partial charge in [0.25, 0.3) is 0 Å². The third kappa shape index (κ3) is 4.83. The van der Waals surface area contributed by atoms with Gasteiger partial charge < -0.3 is 14.5 Å². The van der Waals surface area contributed by atoms with Crippen molar-refractivity contribution in [3.8, 4) is 5.75 Å². The number of aryl methyl sites for hydroxylation is 1. The van der Waals surface area contributed by atoms with E-state index in [1.165, 1.54) is 0 Å². The number of rotatable bonds is 6.